The Morgan fingerprint density at radius 3 is 2.78 bits per heavy atom. The van der Waals surface area contributed by atoms with Crippen molar-refractivity contribution in [3.63, 3.8) is 0 Å². The Balaban J connectivity index is 2.51. The number of halogens is 1. The standard InChI is InChI=1S/C6H10INO/c1-2-8-4-3-5(7)6(8)9/h5H,2-4H2,1H3/t5-/m0/s1. The SMILES string of the molecule is CCN1CC[C@H](I)C1=O. The van der Waals surface area contributed by atoms with Crippen LogP contribution in [0.3, 0.4) is 0 Å². The minimum Gasteiger partial charge on any atom is -0.342 e. The third-order valence-electron chi connectivity index (χ3n) is 1.61. The molecule has 0 aromatic carbocycles. The molecule has 9 heavy (non-hydrogen) atoms. The van der Waals surface area contributed by atoms with Gasteiger partial charge in [-0.1, -0.05) is 22.6 Å². The van der Waals surface area contributed by atoms with E-state index in [-0.39, 0.29) is 3.92 Å². The summed E-state index contributed by atoms with van der Waals surface area (Å²) in [4.78, 5) is 13.0. The van der Waals surface area contributed by atoms with Crippen LogP contribution in [0, 0.1) is 0 Å². The predicted octanol–water partition coefficient (Wildman–Crippen LogP) is 1.04. The Bertz CT molecular complexity index is 126. The summed E-state index contributed by atoms with van der Waals surface area (Å²) in [6, 6.07) is 0. The molecule has 0 radical (unpaired) electrons. The first-order chi connectivity index (χ1) is 4.25. The molecule has 1 rings (SSSR count). The Hall–Kier alpha value is 0.200. The van der Waals surface area contributed by atoms with Crippen LogP contribution in [0.4, 0.5) is 0 Å². The van der Waals surface area contributed by atoms with Gasteiger partial charge in [-0.05, 0) is 13.3 Å². The number of carbonyl (C=O) groups excluding carboxylic acids is 1. The maximum Gasteiger partial charge on any atom is 0.235 e. The van der Waals surface area contributed by atoms with E-state index in [9.17, 15) is 4.79 Å². The van der Waals surface area contributed by atoms with Gasteiger partial charge in [0.2, 0.25) is 5.91 Å². The molecular formula is C6H10INO. The lowest BCUT2D eigenvalue weighted by Gasteiger charge is -2.10. The summed E-state index contributed by atoms with van der Waals surface area (Å²) in [5.41, 5.74) is 0. The summed E-state index contributed by atoms with van der Waals surface area (Å²) >= 11 is 2.21. The Kier molecular flexibility index (Phi) is 2.32. The van der Waals surface area contributed by atoms with Gasteiger partial charge in [0.25, 0.3) is 0 Å². The van der Waals surface area contributed by atoms with E-state index in [0.29, 0.717) is 5.91 Å². The van der Waals surface area contributed by atoms with Gasteiger partial charge in [-0.3, -0.25) is 4.79 Å². The summed E-state index contributed by atoms with van der Waals surface area (Å²) in [6.07, 6.45) is 1.03. The fourth-order valence-corrected chi connectivity index (χ4v) is 1.69. The highest BCUT2D eigenvalue weighted by Gasteiger charge is 2.27. The zero-order valence-corrected chi connectivity index (χ0v) is 7.59. The molecule has 0 spiro atoms. The van der Waals surface area contributed by atoms with Crippen LogP contribution >= 0.6 is 22.6 Å². The lowest BCUT2D eigenvalue weighted by molar-refractivity contribution is -0.126. The van der Waals surface area contributed by atoms with Crippen LogP contribution in [0.5, 0.6) is 0 Å². The van der Waals surface area contributed by atoms with Crippen molar-refractivity contribution in [1.29, 1.82) is 0 Å². The van der Waals surface area contributed by atoms with Gasteiger partial charge >= 0.3 is 0 Å². The molecule has 52 valence electrons. The van der Waals surface area contributed by atoms with Crippen LogP contribution in [-0.2, 0) is 4.79 Å². The van der Waals surface area contributed by atoms with E-state index in [1.807, 2.05) is 11.8 Å². The fraction of sp³-hybridized carbons (Fsp3) is 0.833. The molecule has 1 atom stereocenters. The van der Waals surface area contributed by atoms with E-state index in [1.165, 1.54) is 0 Å². The van der Waals surface area contributed by atoms with Crippen LogP contribution in [0.15, 0.2) is 0 Å². The van der Waals surface area contributed by atoms with Crippen LogP contribution in [0.25, 0.3) is 0 Å². The summed E-state index contributed by atoms with van der Waals surface area (Å²) in [5, 5.41) is 0. The maximum absolute atomic E-state index is 11.1. The van der Waals surface area contributed by atoms with Gasteiger partial charge in [0, 0.05) is 13.1 Å². The molecule has 3 heteroatoms. The van der Waals surface area contributed by atoms with Crippen LogP contribution in [0.2, 0.25) is 0 Å². The molecule has 0 aromatic rings. The second-order valence-corrected chi connectivity index (χ2v) is 3.68. The third kappa shape index (κ3) is 1.36. The summed E-state index contributed by atoms with van der Waals surface area (Å²) in [6.45, 7) is 3.86. The van der Waals surface area contributed by atoms with Gasteiger partial charge in [-0.25, -0.2) is 0 Å². The molecule has 1 amide bonds. The molecule has 0 saturated carbocycles. The van der Waals surface area contributed by atoms with Crippen molar-refractivity contribution >= 4 is 28.5 Å². The summed E-state index contributed by atoms with van der Waals surface area (Å²) < 4.78 is 0.252. The molecule has 0 bridgehead atoms. The number of carbonyl (C=O) groups is 1. The minimum absolute atomic E-state index is 0.252. The average Bonchev–Trinajstić information content (AvgIpc) is 2.15. The van der Waals surface area contributed by atoms with E-state index in [4.69, 9.17) is 0 Å². The molecule has 0 aromatic heterocycles. The van der Waals surface area contributed by atoms with Gasteiger partial charge in [0.05, 0.1) is 3.92 Å². The van der Waals surface area contributed by atoms with Gasteiger partial charge in [0.1, 0.15) is 0 Å². The largest absolute Gasteiger partial charge is 0.342 e. The number of hydrogen-bond acceptors (Lipinski definition) is 1. The molecule has 0 aliphatic carbocycles. The normalized spacial score (nSPS) is 27.6. The van der Waals surface area contributed by atoms with Crippen LogP contribution in [-0.4, -0.2) is 27.8 Å². The average molecular weight is 239 g/mol. The van der Waals surface area contributed by atoms with Crippen LogP contribution < -0.4 is 0 Å². The maximum atomic E-state index is 11.1. The van der Waals surface area contributed by atoms with E-state index in [1.54, 1.807) is 0 Å². The highest BCUT2D eigenvalue weighted by atomic mass is 127. The molecule has 1 saturated heterocycles. The molecule has 1 aliphatic rings. The summed E-state index contributed by atoms with van der Waals surface area (Å²) in [7, 11) is 0. The van der Waals surface area contributed by atoms with E-state index >= 15 is 0 Å². The lowest BCUT2D eigenvalue weighted by Crippen LogP contribution is -2.26. The molecule has 2 nitrogen and oxygen atoms in total. The quantitative estimate of drug-likeness (QED) is 0.494. The number of nitrogens with zero attached hydrogens (tertiary/aromatic N) is 1. The molecule has 1 heterocycles. The van der Waals surface area contributed by atoms with Crippen molar-refractivity contribution in [1.82, 2.24) is 4.90 Å². The number of rotatable bonds is 1. The highest BCUT2D eigenvalue weighted by molar-refractivity contribution is 14.1. The lowest BCUT2D eigenvalue weighted by atomic mass is 10.4. The van der Waals surface area contributed by atoms with E-state index in [2.05, 4.69) is 22.6 Å². The van der Waals surface area contributed by atoms with Crippen molar-refractivity contribution in [3.05, 3.63) is 0 Å². The second kappa shape index (κ2) is 2.86. The molecule has 1 aliphatic heterocycles. The molecule has 0 unspecified atom stereocenters. The highest BCUT2D eigenvalue weighted by Crippen LogP contribution is 2.17. The first kappa shape index (κ1) is 7.31. The van der Waals surface area contributed by atoms with Crippen molar-refractivity contribution in [2.45, 2.75) is 17.3 Å². The fourth-order valence-electron chi connectivity index (χ4n) is 1.01. The van der Waals surface area contributed by atoms with Crippen LogP contribution in [0.1, 0.15) is 13.3 Å². The zero-order chi connectivity index (χ0) is 6.85. The van der Waals surface area contributed by atoms with Gasteiger partial charge in [0.15, 0.2) is 0 Å². The van der Waals surface area contributed by atoms with E-state index in [0.717, 1.165) is 19.5 Å². The smallest absolute Gasteiger partial charge is 0.235 e. The first-order valence-electron chi connectivity index (χ1n) is 3.18. The van der Waals surface area contributed by atoms with Crippen molar-refractivity contribution in [2.24, 2.45) is 0 Å². The van der Waals surface area contributed by atoms with E-state index < -0.39 is 0 Å². The Labute approximate surface area is 68.7 Å². The van der Waals surface area contributed by atoms with Crippen molar-refractivity contribution < 1.29 is 4.79 Å². The number of alkyl halides is 1. The van der Waals surface area contributed by atoms with Gasteiger partial charge in [-0.2, -0.15) is 0 Å². The summed E-state index contributed by atoms with van der Waals surface area (Å²) in [5.74, 6) is 0.318. The Morgan fingerprint density at radius 1 is 1.89 bits per heavy atom. The van der Waals surface area contributed by atoms with Gasteiger partial charge < -0.3 is 4.90 Å². The minimum atomic E-state index is 0.252. The number of amides is 1. The topological polar surface area (TPSA) is 20.3 Å². The molecule has 1 fully saturated rings. The third-order valence-corrected chi connectivity index (χ3v) is 2.77. The van der Waals surface area contributed by atoms with Crippen molar-refractivity contribution in [2.75, 3.05) is 13.1 Å². The second-order valence-electron chi connectivity index (χ2n) is 2.17. The number of hydrogen-bond donors (Lipinski definition) is 0. The number of likely N-dealkylation sites (tertiary alicyclic amines) is 1. The monoisotopic (exact) mass is 239 g/mol. The molecular weight excluding hydrogens is 229 g/mol. The molecule has 0 N–H and O–H groups in total. The van der Waals surface area contributed by atoms with Gasteiger partial charge in [-0.15, -0.1) is 0 Å². The first-order valence-corrected chi connectivity index (χ1v) is 4.43. The Morgan fingerprint density at radius 2 is 2.56 bits per heavy atom. The van der Waals surface area contributed by atoms with Crippen molar-refractivity contribution in [3.8, 4) is 0 Å². The predicted molar refractivity (Wildman–Crippen MR) is 44.7 cm³/mol. The zero-order valence-electron chi connectivity index (χ0n) is 5.43.